The number of aryl methyl sites for hydroxylation is 2. The van der Waals surface area contributed by atoms with E-state index in [1.54, 1.807) is 17.4 Å². The number of carbonyl (C=O) groups excluding carboxylic acids is 2. The quantitative estimate of drug-likeness (QED) is 0.767. The van der Waals surface area contributed by atoms with E-state index >= 15 is 0 Å². The molecule has 24 heavy (non-hydrogen) atoms. The monoisotopic (exact) mass is 325 g/mol. The summed E-state index contributed by atoms with van der Waals surface area (Å²) in [7, 11) is 0. The van der Waals surface area contributed by atoms with Crippen LogP contribution in [0.4, 0.5) is 0 Å². The van der Waals surface area contributed by atoms with Crippen LogP contribution in [0.2, 0.25) is 0 Å². The molecule has 2 atom stereocenters. The molecule has 0 radical (unpaired) electrons. The first-order valence-corrected chi connectivity index (χ1v) is 8.49. The molecule has 5 heteroatoms. The summed E-state index contributed by atoms with van der Waals surface area (Å²) < 4.78 is 1.99. The third-order valence-corrected chi connectivity index (χ3v) is 4.76. The molecule has 1 aliphatic rings. The molecule has 0 saturated carbocycles. The van der Waals surface area contributed by atoms with Crippen LogP contribution in [-0.4, -0.2) is 32.7 Å². The van der Waals surface area contributed by atoms with Crippen LogP contribution in [-0.2, 0) is 16.1 Å². The number of imidazole rings is 1. The van der Waals surface area contributed by atoms with Crippen LogP contribution in [0.15, 0.2) is 43.0 Å². The molecule has 2 aromatic rings. The van der Waals surface area contributed by atoms with Crippen molar-refractivity contribution >= 4 is 11.7 Å². The first-order chi connectivity index (χ1) is 11.6. The molecule has 0 aliphatic carbocycles. The Morgan fingerprint density at radius 3 is 2.50 bits per heavy atom. The molecule has 0 spiro atoms. The Balaban J connectivity index is 1.79. The molecule has 5 nitrogen and oxygen atoms in total. The zero-order chi connectivity index (χ0) is 17.1. The average molecular weight is 325 g/mol. The summed E-state index contributed by atoms with van der Waals surface area (Å²) >= 11 is 0. The summed E-state index contributed by atoms with van der Waals surface area (Å²) in [6.45, 7) is 5.38. The summed E-state index contributed by atoms with van der Waals surface area (Å²) in [5, 5.41) is 0. The number of Topliss-reactive ketones (excluding diaryl/α,β-unsaturated/α-hetero) is 1. The molecular weight excluding hydrogens is 302 g/mol. The van der Waals surface area contributed by atoms with Gasteiger partial charge in [-0.2, -0.15) is 0 Å². The first-order valence-electron chi connectivity index (χ1n) is 8.49. The average Bonchev–Trinajstić information content (AvgIpc) is 3.17. The van der Waals surface area contributed by atoms with Crippen molar-refractivity contribution in [1.82, 2.24) is 14.5 Å². The molecular formula is C19H23N3O2. The Bertz CT molecular complexity index is 707. The maximum absolute atomic E-state index is 12.5. The van der Waals surface area contributed by atoms with Crippen molar-refractivity contribution in [2.45, 2.75) is 39.3 Å². The van der Waals surface area contributed by atoms with Crippen molar-refractivity contribution in [3.8, 4) is 0 Å². The minimum atomic E-state index is -0.335. The molecule has 0 N–H and O–H groups in total. The Morgan fingerprint density at radius 2 is 1.88 bits per heavy atom. The van der Waals surface area contributed by atoms with E-state index in [1.165, 1.54) is 5.56 Å². The molecule has 2 unspecified atom stereocenters. The molecule has 3 rings (SSSR count). The van der Waals surface area contributed by atoms with Crippen LogP contribution < -0.4 is 0 Å². The second-order valence-electron chi connectivity index (χ2n) is 6.39. The van der Waals surface area contributed by atoms with Crippen LogP contribution in [0.3, 0.4) is 0 Å². The normalized spacial score (nSPS) is 20.8. The Hall–Kier alpha value is -2.43. The van der Waals surface area contributed by atoms with Crippen molar-refractivity contribution in [2.75, 3.05) is 6.54 Å². The highest BCUT2D eigenvalue weighted by atomic mass is 16.2. The smallest absolute Gasteiger partial charge is 0.290 e. The summed E-state index contributed by atoms with van der Waals surface area (Å²) in [5.41, 5.74) is 2.23. The predicted octanol–water partition coefficient (Wildman–Crippen LogP) is 2.76. The number of hydrogen-bond donors (Lipinski definition) is 0. The second kappa shape index (κ2) is 6.99. The summed E-state index contributed by atoms with van der Waals surface area (Å²) in [5.74, 6) is -0.822. The lowest BCUT2D eigenvalue weighted by Crippen LogP contribution is -2.31. The molecule has 1 aromatic carbocycles. The van der Waals surface area contributed by atoms with Crippen LogP contribution >= 0.6 is 0 Å². The van der Waals surface area contributed by atoms with Gasteiger partial charge in [-0.05, 0) is 25.3 Å². The number of benzene rings is 1. The van der Waals surface area contributed by atoms with E-state index in [2.05, 4.69) is 4.98 Å². The summed E-state index contributed by atoms with van der Waals surface area (Å²) in [4.78, 5) is 30.6. The number of ketones is 1. The molecule has 0 bridgehead atoms. The maximum atomic E-state index is 12.5. The first kappa shape index (κ1) is 16.4. The minimum Gasteiger partial charge on any atom is -0.337 e. The van der Waals surface area contributed by atoms with Crippen molar-refractivity contribution < 1.29 is 9.59 Å². The summed E-state index contributed by atoms with van der Waals surface area (Å²) in [6, 6.07) is 8.02. The number of amides is 1. The fraction of sp³-hybridized carbons (Fsp3) is 0.421. The lowest BCUT2D eigenvalue weighted by molar-refractivity contribution is -0.141. The van der Waals surface area contributed by atoms with E-state index in [4.69, 9.17) is 0 Å². The maximum Gasteiger partial charge on any atom is 0.290 e. The SMILES string of the molecule is CCC1C(=O)C(=O)N(CCCn2ccnc2)C1c1ccc(C)cc1. The van der Waals surface area contributed by atoms with E-state index < -0.39 is 0 Å². The van der Waals surface area contributed by atoms with Crippen molar-refractivity contribution in [3.63, 3.8) is 0 Å². The third-order valence-electron chi connectivity index (χ3n) is 4.76. The molecule has 1 amide bonds. The van der Waals surface area contributed by atoms with Gasteiger partial charge in [0, 0.05) is 25.5 Å². The van der Waals surface area contributed by atoms with Gasteiger partial charge >= 0.3 is 0 Å². The zero-order valence-electron chi connectivity index (χ0n) is 14.2. The number of carbonyl (C=O) groups is 2. The fourth-order valence-electron chi connectivity index (χ4n) is 3.45. The fourth-order valence-corrected chi connectivity index (χ4v) is 3.45. The van der Waals surface area contributed by atoms with E-state index in [-0.39, 0.29) is 23.7 Å². The predicted molar refractivity (Wildman–Crippen MR) is 91.3 cm³/mol. The van der Waals surface area contributed by atoms with Gasteiger partial charge in [0.1, 0.15) is 0 Å². The van der Waals surface area contributed by atoms with Gasteiger partial charge in [0.2, 0.25) is 5.78 Å². The Labute approximate surface area is 142 Å². The number of aromatic nitrogens is 2. The third kappa shape index (κ3) is 3.11. The zero-order valence-corrected chi connectivity index (χ0v) is 14.2. The van der Waals surface area contributed by atoms with Gasteiger partial charge in [-0.15, -0.1) is 0 Å². The minimum absolute atomic E-state index is 0.140. The standard InChI is InChI=1S/C19H23N3O2/c1-3-16-17(15-7-5-14(2)6-8-15)22(19(24)18(16)23)11-4-10-21-12-9-20-13-21/h5-9,12-13,16-17H,3-4,10-11H2,1-2H3. The topological polar surface area (TPSA) is 55.2 Å². The highest BCUT2D eigenvalue weighted by molar-refractivity contribution is 6.39. The number of hydrogen-bond acceptors (Lipinski definition) is 3. The van der Waals surface area contributed by atoms with Gasteiger partial charge in [0.25, 0.3) is 5.91 Å². The molecule has 1 aromatic heterocycles. The van der Waals surface area contributed by atoms with Gasteiger partial charge in [0.05, 0.1) is 18.3 Å². The molecule has 1 fully saturated rings. The van der Waals surface area contributed by atoms with Gasteiger partial charge in [-0.1, -0.05) is 36.8 Å². The molecule has 126 valence electrons. The van der Waals surface area contributed by atoms with Crippen molar-refractivity contribution in [3.05, 3.63) is 54.1 Å². The highest BCUT2D eigenvalue weighted by Gasteiger charge is 2.46. The van der Waals surface area contributed by atoms with Crippen LogP contribution in [0.5, 0.6) is 0 Å². The lowest BCUT2D eigenvalue weighted by Gasteiger charge is -2.27. The number of nitrogens with zero attached hydrogens (tertiary/aromatic N) is 3. The number of likely N-dealkylation sites (tertiary alicyclic amines) is 1. The Kier molecular flexibility index (Phi) is 4.79. The van der Waals surface area contributed by atoms with Crippen LogP contribution in [0.25, 0.3) is 0 Å². The van der Waals surface area contributed by atoms with Crippen molar-refractivity contribution in [1.29, 1.82) is 0 Å². The van der Waals surface area contributed by atoms with E-state index in [0.717, 1.165) is 18.5 Å². The van der Waals surface area contributed by atoms with Gasteiger partial charge in [0.15, 0.2) is 0 Å². The number of rotatable bonds is 6. The van der Waals surface area contributed by atoms with Crippen LogP contribution in [0, 0.1) is 12.8 Å². The second-order valence-corrected chi connectivity index (χ2v) is 6.39. The van der Waals surface area contributed by atoms with Crippen molar-refractivity contribution in [2.24, 2.45) is 5.92 Å². The van der Waals surface area contributed by atoms with Gasteiger partial charge in [-0.3, -0.25) is 9.59 Å². The summed E-state index contributed by atoms with van der Waals surface area (Å²) in [6.07, 6.45) is 6.90. The van der Waals surface area contributed by atoms with E-state index in [9.17, 15) is 9.59 Å². The molecule has 1 aliphatic heterocycles. The van der Waals surface area contributed by atoms with E-state index in [1.807, 2.05) is 48.9 Å². The lowest BCUT2D eigenvalue weighted by atomic mass is 9.90. The van der Waals surface area contributed by atoms with E-state index in [0.29, 0.717) is 13.0 Å². The largest absolute Gasteiger partial charge is 0.337 e. The molecule has 1 saturated heterocycles. The molecule has 2 heterocycles. The van der Waals surface area contributed by atoms with Gasteiger partial charge in [-0.25, -0.2) is 4.98 Å². The Morgan fingerprint density at radius 1 is 1.12 bits per heavy atom. The highest BCUT2D eigenvalue weighted by Crippen LogP contribution is 2.38. The van der Waals surface area contributed by atoms with Crippen LogP contribution in [0.1, 0.15) is 36.9 Å². The van der Waals surface area contributed by atoms with Gasteiger partial charge < -0.3 is 9.47 Å².